The Morgan fingerprint density at radius 3 is 2.32 bits per heavy atom. The Hall–Kier alpha value is -1.84. The number of urea groups is 1. The molecule has 4 nitrogen and oxygen atoms in total. The van der Waals surface area contributed by atoms with Gasteiger partial charge in [0.15, 0.2) is 0 Å². The number of carbonyl (C=O) groups is 1. The molecule has 2 aliphatic rings. The molecular weight excluding hydrogens is 238 g/mol. The monoisotopic (exact) mass is 257 g/mol. The van der Waals surface area contributed by atoms with Crippen molar-refractivity contribution in [2.75, 3.05) is 0 Å². The largest absolute Gasteiger partial charge is 0.385 e. The Balaban J connectivity index is 1.90. The minimum atomic E-state index is -0.233. The molecule has 1 heterocycles. The van der Waals surface area contributed by atoms with E-state index in [1.54, 1.807) is 4.90 Å². The van der Waals surface area contributed by atoms with Crippen molar-refractivity contribution >= 4 is 11.9 Å². The van der Waals surface area contributed by atoms with Crippen LogP contribution < -0.4 is 5.73 Å². The number of nitrogens with zero attached hydrogens (tertiary/aromatic N) is 2. The quantitative estimate of drug-likeness (QED) is 0.905. The molecule has 1 fully saturated rings. The van der Waals surface area contributed by atoms with Crippen LogP contribution in [-0.4, -0.2) is 22.8 Å². The molecule has 1 aliphatic carbocycles. The van der Waals surface area contributed by atoms with Gasteiger partial charge in [-0.2, -0.15) is 4.99 Å². The van der Waals surface area contributed by atoms with Gasteiger partial charge in [0.05, 0.1) is 0 Å². The molecule has 0 bridgehead atoms. The minimum absolute atomic E-state index is 0.0883. The number of benzene rings is 1. The summed E-state index contributed by atoms with van der Waals surface area (Å²) in [6, 6.07) is 8.11. The van der Waals surface area contributed by atoms with E-state index in [0.29, 0.717) is 5.84 Å². The summed E-state index contributed by atoms with van der Waals surface area (Å²) in [5.41, 5.74) is 8.36. The molecule has 100 valence electrons. The number of hydrogen-bond donors (Lipinski definition) is 1. The fourth-order valence-electron chi connectivity index (χ4n) is 2.70. The van der Waals surface area contributed by atoms with Gasteiger partial charge in [0.1, 0.15) is 11.9 Å². The van der Waals surface area contributed by atoms with Crippen LogP contribution in [0, 0.1) is 0 Å². The maximum absolute atomic E-state index is 11.9. The summed E-state index contributed by atoms with van der Waals surface area (Å²) in [6.45, 7) is 3.97. The number of amidine groups is 1. The SMILES string of the molecule is CC(C)N1C(=O)N=C(N)C1c1ccc(C2CC2)cc1. The van der Waals surface area contributed by atoms with Crippen molar-refractivity contribution in [2.45, 2.75) is 44.7 Å². The van der Waals surface area contributed by atoms with Crippen molar-refractivity contribution < 1.29 is 4.79 Å². The molecule has 1 aromatic rings. The van der Waals surface area contributed by atoms with Crippen LogP contribution in [0.25, 0.3) is 0 Å². The summed E-state index contributed by atoms with van der Waals surface area (Å²) >= 11 is 0. The predicted octanol–water partition coefficient (Wildman–Crippen LogP) is 2.81. The van der Waals surface area contributed by atoms with Gasteiger partial charge in [0.2, 0.25) is 0 Å². The molecule has 2 amide bonds. The van der Waals surface area contributed by atoms with Crippen molar-refractivity contribution in [1.29, 1.82) is 0 Å². The average Bonchev–Trinajstić information content (AvgIpc) is 3.15. The Morgan fingerprint density at radius 1 is 1.21 bits per heavy atom. The first-order valence-corrected chi connectivity index (χ1v) is 6.84. The van der Waals surface area contributed by atoms with Gasteiger partial charge in [-0.3, -0.25) is 0 Å². The molecule has 19 heavy (non-hydrogen) atoms. The van der Waals surface area contributed by atoms with Gasteiger partial charge in [0, 0.05) is 6.04 Å². The molecular formula is C15H19N3O. The van der Waals surface area contributed by atoms with Crippen LogP contribution in [0.5, 0.6) is 0 Å². The van der Waals surface area contributed by atoms with Crippen molar-refractivity contribution in [2.24, 2.45) is 10.7 Å². The Morgan fingerprint density at radius 2 is 1.79 bits per heavy atom. The zero-order chi connectivity index (χ0) is 13.6. The Labute approximate surface area is 113 Å². The van der Waals surface area contributed by atoms with Crippen molar-refractivity contribution in [3.8, 4) is 0 Å². The number of hydrogen-bond acceptors (Lipinski definition) is 2. The number of carbonyl (C=O) groups excluding carboxylic acids is 1. The van der Waals surface area contributed by atoms with Crippen molar-refractivity contribution in [3.05, 3.63) is 35.4 Å². The topological polar surface area (TPSA) is 58.7 Å². The normalized spacial score (nSPS) is 23.1. The molecule has 1 aliphatic heterocycles. The molecule has 1 aromatic carbocycles. The molecule has 3 rings (SSSR count). The summed E-state index contributed by atoms with van der Waals surface area (Å²) in [4.78, 5) is 17.5. The second-order valence-electron chi connectivity index (χ2n) is 5.66. The van der Waals surface area contributed by atoms with E-state index in [4.69, 9.17) is 5.73 Å². The first-order chi connectivity index (χ1) is 9.08. The van der Waals surface area contributed by atoms with Gasteiger partial charge in [-0.05, 0) is 43.7 Å². The zero-order valence-electron chi connectivity index (χ0n) is 11.3. The molecule has 0 radical (unpaired) electrons. The maximum atomic E-state index is 11.9. The van der Waals surface area contributed by atoms with E-state index in [9.17, 15) is 4.79 Å². The highest BCUT2D eigenvalue weighted by Crippen LogP contribution is 2.40. The molecule has 1 saturated carbocycles. The first kappa shape index (κ1) is 12.2. The fraction of sp³-hybridized carbons (Fsp3) is 0.467. The zero-order valence-corrected chi connectivity index (χ0v) is 11.3. The summed E-state index contributed by atoms with van der Waals surface area (Å²) < 4.78 is 0. The standard InChI is InChI=1S/C15H19N3O/c1-9(2)18-13(14(16)17-15(18)19)12-7-5-11(6-8-12)10-3-4-10/h5-10,13H,3-4H2,1-2H3,(H2,16,17,19). The molecule has 0 aromatic heterocycles. The lowest BCUT2D eigenvalue weighted by Gasteiger charge is -2.28. The lowest BCUT2D eigenvalue weighted by molar-refractivity contribution is 0.190. The van der Waals surface area contributed by atoms with Crippen LogP contribution in [-0.2, 0) is 0 Å². The smallest absolute Gasteiger partial charge is 0.346 e. The lowest BCUT2D eigenvalue weighted by Crippen LogP contribution is -2.38. The highest BCUT2D eigenvalue weighted by atomic mass is 16.2. The number of rotatable bonds is 3. The van der Waals surface area contributed by atoms with Crippen LogP contribution in [0.4, 0.5) is 4.79 Å². The number of nitrogens with two attached hydrogens (primary N) is 1. The van der Waals surface area contributed by atoms with E-state index in [1.165, 1.54) is 18.4 Å². The third-order valence-corrected chi connectivity index (χ3v) is 3.86. The molecule has 4 heteroatoms. The van der Waals surface area contributed by atoms with Crippen molar-refractivity contribution in [1.82, 2.24) is 4.90 Å². The minimum Gasteiger partial charge on any atom is -0.385 e. The summed E-state index contributed by atoms with van der Waals surface area (Å²) in [7, 11) is 0. The molecule has 0 spiro atoms. The van der Waals surface area contributed by atoms with E-state index < -0.39 is 0 Å². The van der Waals surface area contributed by atoms with Gasteiger partial charge in [-0.1, -0.05) is 24.3 Å². The second kappa shape index (κ2) is 4.37. The molecule has 2 N–H and O–H groups in total. The van der Waals surface area contributed by atoms with E-state index in [0.717, 1.165) is 11.5 Å². The molecule has 1 atom stereocenters. The van der Waals surface area contributed by atoms with Gasteiger partial charge in [-0.15, -0.1) is 0 Å². The highest BCUT2D eigenvalue weighted by molar-refractivity contribution is 6.03. The van der Waals surface area contributed by atoms with Crippen LogP contribution in [0.15, 0.2) is 29.3 Å². The Bertz CT molecular complexity index is 529. The van der Waals surface area contributed by atoms with Gasteiger partial charge in [-0.25, -0.2) is 4.79 Å². The highest BCUT2D eigenvalue weighted by Gasteiger charge is 2.36. The van der Waals surface area contributed by atoms with Gasteiger partial charge < -0.3 is 10.6 Å². The van der Waals surface area contributed by atoms with E-state index in [-0.39, 0.29) is 18.1 Å². The molecule has 1 unspecified atom stereocenters. The van der Waals surface area contributed by atoms with Crippen LogP contribution in [0.3, 0.4) is 0 Å². The number of aliphatic imine (C=N–C) groups is 1. The van der Waals surface area contributed by atoms with Crippen LogP contribution in [0.1, 0.15) is 49.8 Å². The maximum Gasteiger partial charge on any atom is 0.346 e. The van der Waals surface area contributed by atoms with Crippen LogP contribution >= 0.6 is 0 Å². The van der Waals surface area contributed by atoms with E-state index in [2.05, 4.69) is 29.3 Å². The summed E-state index contributed by atoms with van der Waals surface area (Å²) in [5.74, 6) is 1.14. The van der Waals surface area contributed by atoms with Gasteiger partial charge in [0.25, 0.3) is 0 Å². The van der Waals surface area contributed by atoms with Crippen molar-refractivity contribution in [3.63, 3.8) is 0 Å². The fourth-order valence-corrected chi connectivity index (χ4v) is 2.70. The summed E-state index contributed by atoms with van der Waals surface area (Å²) in [6.07, 6.45) is 2.59. The van der Waals surface area contributed by atoms with Gasteiger partial charge >= 0.3 is 6.03 Å². The first-order valence-electron chi connectivity index (χ1n) is 6.84. The molecule has 0 saturated heterocycles. The third-order valence-electron chi connectivity index (χ3n) is 3.86. The van der Waals surface area contributed by atoms with E-state index in [1.807, 2.05) is 13.8 Å². The second-order valence-corrected chi connectivity index (χ2v) is 5.66. The Kier molecular flexibility index (Phi) is 2.81. The number of amides is 2. The van der Waals surface area contributed by atoms with Crippen LogP contribution in [0.2, 0.25) is 0 Å². The average molecular weight is 257 g/mol. The predicted molar refractivity (Wildman–Crippen MR) is 75.2 cm³/mol. The summed E-state index contributed by atoms with van der Waals surface area (Å²) in [5, 5.41) is 0. The van der Waals surface area contributed by atoms with E-state index >= 15 is 0 Å². The third kappa shape index (κ3) is 2.11. The lowest BCUT2D eigenvalue weighted by atomic mass is 10.0.